The normalized spacial score (nSPS) is 11.2. The van der Waals surface area contributed by atoms with Crippen molar-refractivity contribution in [3.8, 4) is 9.88 Å². The van der Waals surface area contributed by atoms with Crippen molar-refractivity contribution in [2.45, 2.75) is 6.61 Å². The van der Waals surface area contributed by atoms with E-state index in [-0.39, 0.29) is 6.61 Å². The second kappa shape index (κ2) is 4.34. The lowest BCUT2D eigenvalue weighted by atomic mass is 10.4. The summed E-state index contributed by atoms with van der Waals surface area (Å²) in [6.45, 7) is -0.0274. The van der Waals surface area contributed by atoms with Crippen LogP contribution in [0.2, 0.25) is 5.02 Å². The van der Waals surface area contributed by atoms with Gasteiger partial charge in [0, 0.05) is 11.6 Å². The minimum absolute atomic E-state index is 0.0274. The highest BCUT2D eigenvalue weighted by atomic mass is 35.5. The van der Waals surface area contributed by atoms with Gasteiger partial charge >= 0.3 is 0 Å². The highest BCUT2D eigenvalue weighted by molar-refractivity contribution is 7.25. The minimum atomic E-state index is -0.0274. The Bertz CT molecular complexity index is 677. The van der Waals surface area contributed by atoms with E-state index in [4.69, 9.17) is 16.7 Å². The number of hydrogen-bond donors (Lipinski definition) is 1. The third-order valence-electron chi connectivity index (χ3n) is 2.29. The number of thiophene rings is 1. The molecule has 0 amide bonds. The number of aliphatic hydroxyl groups is 1. The maximum absolute atomic E-state index is 9.00. The summed E-state index contributed by atoms with van der Waals surface area (Å²) in [6.07, 6.45) is 1.70. The first-order valence-corrected chi connectivity index (χ1v) is 6.95. The first-order chi connectivity index (χ1) is 8.28. The van der Waals surface area contributed by atoms with Crippen molar-refractivity contribution in [2.75, 3.05) is 0 Å². The molecule has 0 fully saturated rings. The SMILES string of the molecule is OCc1csc(-c2cc3nccc(Cl)c3s2)n1. The monoisotopic (exact) mass is 282 g/mol. The topological polar surface area (TPSA) is 46.0 Å². The van der Waals surface area contributed by atoms with E-state index in [1.54, 1.807) is 23.6 Å². The number of pyridine rings is 1. The number of aliphatic hydroxyl groups excluding tert-OH is 1. The predicted octanol–water partition coefficient (Wildman–Crippen LogP) is 3.57. The van der Waals surface area contributed by atoms with Crippen LogP contribution in [-0.2, 0) is 6.61 Å². The van der Waals surface area contributed by atoms with Crippen molar-refractivity contribution in [2.24, 2.45) is 0 Å². The zero-order chi connectivity index (χ0) is 11.8. The molecule has 3 nitrogen and oxygen atoms in total. The number of nitrogens with zero attached hydrogens (tertiary/aromatic N) is 2. The molecule has 0 saturated carbocycles. The van der Waals surface area contributed by atoms with Gasteiger partial charge in [-0.25, -0.2) is 4.98 Å². The summed E-state index contributed by atoms with van der Waals surface area (Å²) in [6, 6.07) is 3.76. The molecule has 0 bridgehead atoms. The molecule has 86 valence electrons. The Morgan fingerprint density at radius 2 is 2.29 bits per heavy atom. The van der Waals surface area contributed by atoms with Crippen molar-refractivity contribution < 1.29 is 5.11 Å². The molecule has 17 heavy (non-hydrogen) atoms. The van der Waals surface area contributed by atoms with Gasteiger partial charge in [0.25, 0.3) is 0 Å². The van der Waals surface area contributed by atoms with Crippen LogP contribution in [0, 0.1) is 0 Å². The molecule has 0 aliphatic rings. The van der Waals surface area contributed by atoms with E-state index in [2.05, 4.69) is 9.97 Å². The number of hydrogen-bond acceptors (Lipinski definition) is 5. The molecule has 0 unspecified atom stereocenters. The molecule has 0 aromatic carbocycles. The number of rotatable bonds is 2. The van der Waals surface area contributed by atoms with Crippen LogP contribution in [0.15, 0.2) is 23.7 Å². The third kappa shape index (κ3) is 1.95. The number of halogens is 1. The molecular weight excluding hydrogens is 276 g/mol. The van der Waals surface area contributed by atoms with Crippen LogP contribution in [-0.4, -0.2) is 15.1 Å². The van der Waals surface area contributed by atoms with Gasteiger partial charge in [0.2, 0.25) is 0 Å². The highest BCUT2D eigenvalue weighted by Crippen LogP contribution is 2.37. The van der Waals surface area contributed by atoms with Crippen molar-refractivity contribution in [1.82, 2.24) is 9.97 Å². The van der Waals surface area contributed by atoms with Crippen molar-refractivity contribution >= 4 is 44.5 Å². The van der Waals surface area contributed by atoms with Gasteiger partial charge in [0.15, 0.2) is 0 Å². The van der Waals surface area contributed by atoms with Gasteiger partial charge in [-0.15, -0.1) is 22.7 Å². The quantitative estimate of drug-likeness (QED) is 0.782. The van der Waals surface area contributed by atoms with E-state index in [9.17, 15) is 0 Å². The largest absolute Gasteiger partial charge is 0.390 e. The molecule has 1 N–H and O–H groups in total. The van der Waals surface area contributed by atoms with E-state index in [1.807, 2.05) is 11.4 Å². The fourth-order valence-electron chi connectivity index (χ4n) is 1.51. The Balaban J connectivity index is 2.14. The summed E-state index contributed by atoms with van der Waals surface area (Å²) in [5.41, 5.74) is 1.58. The van der Waals surface area contributed by atoms with Crippen LogP contribution in [0.25, 0.3) is 20.1 Å². The summed E-state index contributed by atoms with van der Waals surface area (Å²) < 4.78 is 0.977. The molecule has 0 saturated heterocycles. The summed E-state index contributed by atoms with van der Waals surface area (Å²) in [5.74, 6) is 0. The van der Waals surface area contributed by atoms with Crippen molar-refractivity contribution in [3.63, 3.8) is 0 Å². The van der Waals surface area contributed by atoms with Crippen LogP contribution >= 0.6 is 34.3 Å². The molecule has 3 heterocycles. The molecule has 0 aliphatic heterocycles. The second-order valence-corrected chi connectivity index (χ2v) is 5.74. The second-order valence-electron chi connectivity index (χ2n) is 3.42. The average Bonchev–Trinajstić information content (AvgIpc) is 2.95. The van der Waals surface area contributed by atoms with E-state index in [0.717, 1.165) is 20.1 Å². The minimum Gasteiger partial charge on any atom is -0.390 e. The van der Waals surface area contributed by atoms with Gasteiger partial charge in [-0.3, -0.25) is 4.98 Å². The summed E-state index contributed by atoms with van der Waals surface area (Å²) in [4.78, 5) is 9.63. The van der Waals surface area contributed by atoms with E-state index >= 15 is 0 Å². The lowest BCUT2D eigenvalue weighted by molar-refractivity contribution is 0.278. The zero-order valence-electron chi connectivity index (χ0n) is 8.55. The van der Waals surface area contributed by atoms with Gasteiger partial charge in [0.1, 0.15) is 5.01 Å². The standard InChI is InChI=1S/C11H7ClN2OS2/c12-7-1-2-13-8-3-9(17-10(7)8)11-14-6(4-15)5-16-11/h1-3,5,15H,4H2. The van der Waals surface area contributed by atoms with Crippen LogP contribution in [0.5, 0.6) is 0 Å². The Hall–Kier alpha value is -1.01. The van der Waals surface area contributed by atoms with Crippen LogP contribution in [0.4, 0.5) is 0 Å². The summed E-state index contributed by atoms with van der Waals surface area (Å²) in [7, 11) is 0. The van der Waals surface area contributed by atoms with Gasteiger partial charge < -0.3 is 5.11 Å². The van der Waals surface area contributed by atoms with Gasteiger partial charge in [0.05, 0.1) is 32.4 Å². The summed E-state index contributed by atoms with van der Waals surface area (Å²) in [5, 5.41) is 12.5. The fraction of sp³-hybridized carbons (Fsp3) is 0.0909. The van der Waals surface area contributed by atoms with Crippen LogP contribution < -0.4 is 0 Å². The predicted molar refractivity (Wildman–Crippen MR) is 71.7 cm³/mol. The lowest BCUT2D eigenvalue weighted by Gasteiger charge is -1.89. The molecule has 0 atom stereocenters. The average molecular weight is 283 g/mol. The molecule has 0 radical (unpaired) electrons. The van der Waals surface area contributed by atoms with Crippen LogP contribution in [0.1, 0.15) is 5.69 Å². The molecule has 0 aliphatic carbocycles. The highest BCUT2D eigenvalue weighted by Gasteiger charge is 2.10. The zero-order valence-corrected chi connectivity index (χ0v) is 10.9. The first kappa shape index (κ1) is 11.1. The third-order valence-corrected chi connectivity index (χ3v) is 4.93. The smallest absolute Gasteiger partial charge is 0.133 e. The molecule has 3 aromatic heterocycles. The fourth-order valence-corrected chi connectivity index (χ4v) is 3.67. The molecule has 0 spiro atoms. The summed E-state index contributed by atoms with van der Waals surface area (Å²) >= 11 is 9.19. The van der Waals surface area contributed by atoms with Gasteiger partial charge in [-0.2, -0.15) is 0 Å². The number of aromatic nitrogens is 2. The molecule has 3 rings (SSSR count). The van der Waals surface area contributed by atoms with Gasteiger partial charge in [-0.05, 0) is 12.1 Å². The Kier molecular flexibility index (Phi) is 2.84. The van der Waals surface area contributed by atoms with E-state index in [0.29, 0.717) is 10.7 Å². The van der Waals surface area contributed by atoms with Crippen LogP contribution in [0.3, 0.4) is 0 Å². The Labute approximate surface area is 110 Å². The Morgan fingerprint density at radius 3 is 3.00 bits per heavy atom. The Morgan fingerprint density at radius 1 is 1.41 bits per heavy atom. The maximum atomic E-state index is 9.00. The molecule has 3 aromatic rings. The maximum Gasteiger partial charge on any atom is 0.133 e. The van der Waals surface area contributed by atoms with Gasteiger partial charge in [-0.1, -0.05) is 11.6 Å². The molecule has 6 heteroatoms. The van der Waals surface area contributed by atoms with E-state index in [1.165, 1.54) is 11.3 Å². The number of thiazole rings is 1. The van der Waals surface area contributed by atoms with Crippen molar-refractivity contribution in [3.05, 3.63) is 34.4 Å². The lowest BCUT2D eigenvalue weighted by Crippen LogP contribution is -1.80. The number of fused-ring (bicyclic) bond motifs is 1. The van der Waals surface area contributed by atoms with Crippen molar-refractivity contribution in [1.29, 1.82) is 0 Å². The molecular formula is C11H7ClN2OS2. The first-order valence-electron chi connectivity index (χ1n) is 4.87. The van der Waals surface area contributed by atoms with E-state index < -0.39 is 0 Å².